The molecule has 8 atom stereocenters. The molecule has 146 valence electrons. The molecule has 1 aromatic rings. The van der Waals surface area contributed by atoms with Crippen molar-refractivity contribution in [2.75, 3.05) is 0 Å². The maximum atomic E-state index is 11.3. The van der Waals surface area contributed by atoms with E-state index >= 15 is 0 Å². The van der Waals surface area contributed by atoms with Crippen LogP contribution in [0.2, 0.25) is 0 Å². The van der Waals surface area contributed by atoms with E-state index in [4.69, 9.17) is 0 Å². The molecule has 4 saturated carbocycles. The van der Waals surface area contributed by atoms with Crippen LogP contribution in [0.5, 0.6) is 0 Å². The minimum absolute atomic E-state index is 0.0506. The normalized spacial score (nSPS) is 48.0. The standard InChI is InChI=1S/C25H34O2/c1-25-15-18-8-7-17-13-21(26)9-10-22(17)23(18)14-20(25)12-19(24(25)27)11-16-5-3-2-4-6-16/h2-6,11,17-18,20-24,26-27H,7-10,12-15H2,1H3/t17-,18-,20+,21+,22-,23-,24+,25+/m0/s1. The molecule has 5 rings (SSSR count). The second kappa shape index (κ2) is 6.74. The van der Waals surface area contributed by atoms with Gasteiger partial charge in [0.2, 0.25) is 0 Å². The Kier molecular flexibility index (Phi) is 4.48. The van der Waals surface area contributed by atoms with E-state index in [2.05, 4.69) is 43.3 Å². The van der Waals surface area contributed by atoms with Gasteiger partial charge in [0.15, 0.2) is 0 Å². The average Bonchev–Trinajstić information content (AvgIpc) is 2.91. The van der Waals surface area contributed by atoms with Gasteiger partial charge in [-0.1, -0.05) is 43.3 Å². The van der Waals surface area contributed by atoms with E-state index in [0.29, 0.717) is 5.92 Å². The summed E-state index contributed by atoms with van der Waals surface area (Å²) in [5.74, 6) is 3.82. The fourth-order valence-corrected chi connectivity index (χ4v) is 7.47. The summed E-state index contributed by atoms with van der Waals surface area (Å²) in [7, 11) is 0. The number of fused-ring (bicyclic) bond motifs is 4. The van der Waals surface area contributed by atoms with E-state index in [9.17, 15) is 10.2 Å². The maximum Gasteiger partial charge on any atom is 0.0809 e. The number of rotatable bonds is 1. The van der Waals surface area contributed by atoms with Crippen molar-refractivity contribution in [1.29, 1.82) is 0 Å². The largest absolute Gasteiger partial charge is 0.393 e. The van der Waals surface area contributed by atoms with Crippen LogP contribution in [0.1, 0.15) is 63.9 Å². The Morgan fingerprint density at radius 2 is 1.70 bits per heavy atom. The molecule has 0 aromatic heterocycles. The van der Waals surface area contributed by atoms with Crippen molar-refractivity contribution in [3.63, 3.8) is 0 Å². The summed E-state index contributed by atoms with van der Waals surface area (Å²) in [5.41, 5.74) is 2.53. The van der Waals surface area contributed by atoms with Crippen LogP contribution in [0.4, 0.5) is 0 Å². The molecule has 2 N–H and O–H groups in total. The van der Waals surface area contributed by atoms with E-state index in [1.807, 2.05) is 0 Å². The molecule has 2 nitrogen and oxygen atoms in total. The summed E-state index contributed by atoms with van der Waals surface area (Å²) >= 11 is 0. The molecule has 4 aliphatic carbocycles. The molecule has 4 fully saturated rings. The van der Waals surface area contributed by atoms with Crippen molar-refractivity contribution >= 4 is 6.08 Å². The van der Waals surface area contributed by atoms with Crippen molar-refractivity contribution in [3.05, 3.63) is 41.5 Å². The molecule has 0 unspecified atom stereocenters. The quantitative estimate of drug-likeness (QED) is 0.730. The minimum Gasteiger partial charge on any atom is -0.393 e. The second-order valence-electron chi connectivity index (χ2n) is 10.3. The summed E-state index contributed by atoms with van der Waals surface area (Å²) < 4.78 is 0. The van der Waals surface area contributed by atoms with Gasteiger partial charge in [0, 0.05) is 5.41 Å². The zero-order chi connectivity index (χ0) is 18.6. The van der Waals surface area contributed by atoms with Crippen LogP contribution in [0.3, 0.4) is 0 Å². The van der Waals surface area contributed by atoms with Crippen LogP contribution in [0.15, 0.2) is 35.9 Å². The Morgan fingerprint density at radius 1 is 0.926 bits per heavy atom. The number of aliphatic hydroxyl groups excluding tert-OH is 2. The summed E-state index contributed by atoms with van der Waals surface area (Å²) in [6.07, 6.45) is 11.4. The Bertz CT molecular complexity index is 710. The SMILES string of the molecule is C[C@@]12C[C@@H]3CC[C@H]4C[C@H](O)CC[C@@H]4[C@H]3C[C@H]1CC(=Cc1ccccc1)[C@H]2O. The first-order valence-corrected chi connectivity index (χ1v) is 11.2. The molecule has 0 saturated heterocycles. The lowest BCUT2D eigenvalue weighted by molar-refractivity contribution is -0.0811. The van der Waals surface area contributed by atoms with Crippen molar-refractivity contribution in [3.8, 4) is 0 Å². The Hall–Kier alpha value is -1.12. The highest BCUT2D eigenvalue weighted by molar-refractivity contribution is 5.55. The molecule has 0 spiro atoms. The lowest BCUT2D eigenvalue weighted by Gasteiger charge is -2.54. The summed E-state index contributed by atoms with van der Waals surface area (Å²) in [6.45, 7) is 2.36. The van der Waals surface area contributed by atoms with Crippen LogP contribution in [0.25, 0.3) is 6.08 Å². The van der Waals surface area contributed by atoms with Gasteiger partial charge in [0.25, 0.3) is 0 Å². The maximum absolute atomic E-state index is 11.3. The molecule has 1 aromatic carbocycles. The zero-order valence-electron chi connectivity index (χ0n) is 16.6. The zero-order valence-corrected chi connectivity index (χ0v) is 16.6. The molecular weight excluding hydrogens is 332 g/mol. The third-order valence-corrected chi connectivity index (χ3v) is 8.88. The highest BCUT2D eigenvalue weighted by Crippen LogP contribution is 2.62. The summed E-state index contributed by atoms with van der Waals surface area (Å²) in [6, 6.07) is 10.5. The van der Waals surface area contributed by atoms with Crippen LogP contribution in [-0.2, 0) is 0 Å². The highest BCUT2D eigenvalue weighted by Gasteiger charge is 2.56. The van der Waals surface area contributed by atoms with Gasteiger partial charge in [-0.3, -0.25) is 0 Å². The fourth-order valence-electron chi connectivity index (χ4n) is 7.47. The first kappa shape index (κ1) is 17.9. The van der Waals surface area contributed by atoms with Gasteiger partial charge in [-0.05, 0) is 92.1 Å². The highest BCUT2D eigenvalue weighted by atomic mass is 16.3. The van der Waals surface area contributed by atoms with Gasteiger partial charge in [0.05, 0.1) is 12.2 Å². The Labute approximate surface area is 163 Å². The molecule has 0 radical (unpaired) electrons. The minimum atomic E-state index is -0.283. The first-order chi connectivity index (χ1) is 13.0. The fraction of sp³-hybridized carbons (Fsp3) is 0.680. The van der Waals surface area contributed by atoms with Crippen molar-refractivity contribution < 1.29 is 10.2 Å². The predicted molar refractivity (Wildman–Crippen MR) is 109 cm³/mol. The molecule has 2 heteroatoms. The van der Waals surface area contributed by atoms with Crippen LogP contribution < -0.4 is 0 Å². The predicted octanol–water partition coefficient (Wildman–Crippen LogP) is 5.05. The first-order valence-electron chi connectivity index (χ1n) is 11.2. The second-order valence-corrected chi connectivity index (χ2v) is 10.3. The molecular formula is C25H34O2. The summed E-state index contributed by atoms with van der Waals surface area (Å²) in [5, 5.41) is 21.4. The number of aliphatic hydroxyl groups is 2. The van der Waals surface area contributed by atoms with Crippen LogP contribution in [0, 0.1) is 35.0 Å². The van der Waals surface area contributed by atoms with E-state index < -0.39 is 0 Å². The van der Waals surface area contributed by atoms with Crippen molar-refractivity contribution in [2.45, 2.75) is 70.5 Å². The third kappa shape index (κ3) is 3.00. The third-order valence-electron chi connectivity index (χ3n) is 8.88. The van der Waals surface area contributed by atoms with E-state index in [1.165, 1.54) is 43.2 Å². The molecule has 0 bridgehead atoms. The van der Waals surface area contributed by atoms with Gasteiger partial charge >= 0.3 is 0 Å². The van der Waals surface area contributed by atoms with E-state index in [-0.39, 0.29) is 17.6 Å². The number of hydrogen-bond acceptors (Lipinski definition) is 2. The van der Waals surface area contributed by atoms with Gasteiger partial charge < -0.3 is 10.2 Å². The van der Waals surface area contributed by atoms with Crippen LogP contribution >= 0.6 is 0 Å². The smallest absolute Gasteiger partial charge is 0.0809 e. The van der Waals surface area contributed by atoms with Crippen LogP contribution in [-0.4, -0.2) is 22.4 Å². The number of benzene rings is 1. The van der Waals surface area contributed by atoms with Gasteiger partial charge in [0.1, 0.15) is 0 Å². The average molecular weight is 367 g/mol. The lowest BCUT2D eigenvalue weighted by atomic mass is 9.51. The Morgan fingerprint density at radius 3 is 2.52 bits per heavy atom. The molecule has 27 heavy (non-hydrogen) atoms. The van der Waals surface area contributed by atoms with Crippen molar-refractivity contribution in [1.82, 2.24) is 0 Å². The Balaban J connectivity index is 1.39. The van der Waals surface area contributed by atoms with Gasteiger partial charge in [-0.15, -0.1) is 0 Å². The van der Waals surface area contributed by atoms with Gasteiger partial charge in [-0.25, -0.2) is 0 Å². The molecule has 0 heterocycles. The van der Waals surface area contributed by atoms with E-state index in [0.717, 1.165) is 42.9 Å². The molecule has 0 aliphatic heterocycles. The monoisotopic (exact) mass is 366 g/mol. The summed E-state index contributed by atoms with van der Waals surface area (Å²) in [4.78, 5) is 0. The van der Waals surface area contributed by atoms with E-state index in [1.54, 1.807) is 0 Å². The molecule has 0 amide bonds. The number of hydrogen-bond donors (Lipinski definition) is 2. The lowest BCUT2D eigenvalue weighted by Crippen LogP contribution is -2.48. The van der Waals surface area contributed by atoms with Gasteiger partial charge in [-0.2, -0.15) is 0 Å². The molecule has 4 aliphatic rings. The van der Waals surface area contributed by atoms with Crippen molar-refractivity contribution in [2.24, 2.45) is 35.0 Å². The topological polar surface area (TPSA) is 40.5 Å².